The molecule has 16 atom stereocenters. The fourth-order valence-electron chi connectivity index (χ4n) is 6.46. The monoisotopic (exact) mass is 775 g/mol. The Hall–Kier alpha value is -3.62. The molecule has 4 aliphatic heterocycles. The van der Waals surface area contributed by atoms with Crippen LogP contribution < -0.4 is 0 Å². The summed E-state index contributed by atoms with van der Waals surface area (Å²) < 4.78 is 39.1. The molecule has 8 unspecified atom stereocenters. The molecule has 21 nitrogen and oxygen atoms in total. The molecule has 15 N–H and O–H groups in total. The summed E-state index contributed by atoms with van der Waals surface area (Å²) in [5.74, 6) is -2.03. The number of ether oxygens (including phenoxy) is 7. The zero-order valence-electron chi connectivity index (χ0n) is 28.0. The topological polar surface area (TPSA) is 351 Å². The van der Waals surface area contributed by atoms with Gasteiger partial charge < -0.3 is 105 Å². The Bertz CT molecular complexity index is 1620. The van der Waals surface area contributed by atoms with Crippen molar-refractivity contribution in [1.82, 2.24) is 0 Å². The normalized spacial score (nSPS) is 41.2. The molecule has 0 spiro atoms. The fraction of sp³-hybridized carbons (Fsp3) is 0.576. The van der Waals surface area contributed by atoms with Gasteiger partial charge in [0.2, 0.25) is 24.4 Å². The zero-order chi connectivity index (χ0) is 39.2. The lowest BCUT2D eigenvalue weighted by Gasteiger charge is -2.46. The second kappa shape index (κ2) is 16.2. The number of hydrogen-bond donors (Lipinski definition) is 14. The van der Waals surface area contributed by atoms with Gasteiger partial charge in [0.05, 0.1) is 37.0 Å². The molecule has 5 aliphatic rings. The maximum absolute atomic E-state index is 11.2. The first-order chi connectivity index (χ1) is 25.7. The molecular weight excluding hydrogens is 732 g/mol. The molecule has 3 saturated heterocycles. The van der Waals surface area contributed by atoms with Gasteiger partial charge >= 0.3 is 5.76 Å². The highest BCUT2D eigenvalue weighted by atomic mass is 16.8. The van der Waals surface area contributed by atoms with Gasteiger partial charge in [0.1, 0.15) is 78.7 Å². The van der Waals surface area contributed by atoms with Crippen LogP contribution in [-0.4, -0.2) is 194 Å². The van der Waals surface area contributed by atoms with E-state index in [0.717, 1.165) is 18.2 Å². The van der Waals surface area contributed by atoms with E-state index in [-0.39, 0.29) is 34.2 Å². The van der Waals surface area contributed by atoms with Crippen molar-refractivity contribution >= 4 is 5.76 Å². The largest absolute Gasteiger partial charge is 0.571 e. The molecule has 21 heteroatoms. The summed E-state index contributed by atoms with van der Waals surface area (Å²) in [5.41, 5.74) is 0.198. The van der Waals surface area contributed by atoms with Crippen LogP contribution in [0.5, 0.6) is 11.5 Å². The maximum Gasteiger partial charge on any atom is 0.305 e. The molecule has 1 aromatic carbocycles. The maximum atomic E-state index is 11.2. The third kappa shape index (κ3) is 7.62. The third-order valence-corrected chi connectivity index (χ3v) is 9.55. The van der Waals surface area contributed by atoms with Crippen molar-refractivity contribution in [2.24, 2.45) is 0 Å². The smallest absolute Gasteiger partial charge is 0.305 e. The number of fused-ring (bicyclic) bond motifs is 1. The van der Waals surface area contributed by atoms with Gasteiger partial charge in [-0.3, -0.25) is 0 Å². The Kier molecular flexibility index (Phi) is 12.0. The Morgan fingerprint density at radius 3 is 1.74 bits per heavy atom. The van der Waals surface area contributed by atoms with Crippen molar-refractivity contribution in [2.75, 3.05) is 19.8 Å². The van der Waals surface area contributed by atoms with E-state index in [1.54, 1.807) is 0 Å². The highest BCUT2D eigenvalue weighted by Crippen LogP contribution is 2.41. The van der Waals surface area contributed by atoms with Gasteiger partial charge in [0.25, 0.3) is 0 Å². The molecule has 0 aromatic heterocycles. The first kappa shape index (κ1) is 40.1. The highest BCUT2D eigenvalue weighted by Gasteiger charge is 2.52. The first-order valence-electron chi connectivity index (χ1n) is 16.7. The average molecular weight is 776 g/mol. The molecule has 4 heterocycles. The van der Waals surface area contributed by atoms with Crippen LogP contribution in [0.25, 0.3) is 5.76 Å². The summed E-state index contributed by atoms with van der Waals surface area (Å²) in [6.07, 6.45) is -23.7. The van der Waals surface area contributed by atoms with Gasteiger partial charge in [-0.05, 0) is 12.1 Å². The predicted octanol–water partition coefficient (Wildman–Crippen LogP) is -5.60. The van der Waals surface area contributed by atoms with Gasteiger partial charge in [0.15, 0.2) is 23.9 Å². The Morgan fingerprint density at radius 2 is 1.15 bits per heavy atom. The van der Waals surface area contributed by atoms with Gasteiger partial charge in [-0.1, -0.05) is 0 Å². The van der Waals surface area contributed by atoms with Crippen LogP contribution in [0.2, 0.25) is 0 Å². The van der Waals surface area contributed by atoms with E-state index in [9.17, 15) is 71.5 Å². The standard InChI is InChI=1S/C33H42O21/c34-7-18-21(40)24(43)27(46)31(51-18)49-16-5-11(37)4-15-12(16)6-17(29(48-15)10-1-2-13(38)14(39)3-10)50-33-30(26(45)23(42)20(9-36)53-33)54-32-28(47)25(44)22(41)19(8-35)52-32/h1-6,15,18-28,30-47H,7-9H2/p+1/t15?,18?,19?,20?,21-,22-,23-,24+,25?,26?,27?,28-,30?,31-,32+,33-/m1/s1. The highest BCUT2D eigenvalue weighted by molar-refractivity contribution is 5.69. The SMILES string of the molecule is OCC1O[C@@H](OC2=C(c3ccc(O)c(O)c3)[OH+]C3C=C(O)C=C(O[C@@H]4OC(CO)[C@@H](O)[C@H](O)C4O)C3=C2)C(O[C@@H]2OC(CO)[C@@H](O)C(O)[C@H]2O)C(O)[C@@H]1O. The van der Waals surface area contributed by atoms with Crippen LogP contribution in [0, 0.1) is 0 Å². The van der Waals surface area contributed by atoms with E-state index in [1.165, 1.54) is 18.2 Å². The minimum atomic E-state index is -1.96. The van der Waals surface area contributed by atoms with Crippen molar-refractivity contribution < 1.29 is 105 Å². The second-order valence-electron chi connectivity index (χ2n) is 13.1. The molecule has 1 aliphatic carbocycles. The molecule has 0 radical (unpaired) electrons. The zero-order valence-corrected chi connectivity index (χ0v) is 28.0. The van der Waals surface area contributed by atoms with Crippen molar-refractivity contribution in [3.8, 4) is 11.5 Å². The number of hydrogen-bond acceptors (Lipinski definition) is 20. The third-order valence-electron chi connectivity index (χ3n) is 9.55. The van der Waals surface area contributed by atoms with Crippen LogP contribution in [0.15, 0.2) is 59.3 Å². The number of rotatable bonds is 10. The van der Waals surface area contributed by atoms with Crippen molar-refractivity contribution in [2.45, 2.75) is 98.2 Å². The van der Waals surface area contributed by atoms with Gasteiger partial charge in [-0.2, -0.15) is 0 Å². The number of aromatic hydroxyl groups is 2. The number of aliphatic hydroxyl groups is 14. The van der Waals surface area contributed by atoms with Crippen LogP contribution in [0.1, 0.15) is 5.56 Å². The minimum Gasteiger partial charge on any atom is -0.571 e. The van der Waals surface area contributed by atoms with E-state index in [0.29, 0.717) is 0 Å². The fourth-order valence-corrected chi connectivity index (χ4v) is 6.46. The summed E-state index contributed by atoms with van der Waals surface area (Å²) in [6, 6.07) is 3.58. The number of phenolic OH excluding ortho intramolecular Hbond substituents is 2. The van der Waals surface area contributed by atoms with Crippen molar-refractivity contribution in [3.05, 3.63) is 64.8 Å². The molecule has 54 heavy (non-hydrogen) atoms. The van der Waals surface area contributed by atoms with Gasteiger partial charge in [-0.15, -0.1) is 0 Å². The van der Waals surface area contributed by atoms with Crippen molar-refractivity contribution in [1.29, 1.82) is 0 Å². The molecule has 0 saturated carbocycles. The van der Waals surface area contributed by atoms with Crippen molar-refractivity contribution in [3.63, 3.8) is 0 Å². The summed E-state index contributed by atoms with van der Waals surface area (Å²) in [7, 11) is 0. The average Bonchev–Trinajstić information content (AvgIpc) is 3.15. The summed E-state index contributed by atoms with van der Waals surface area (Å²) in [5, 5.41) is 144. The molecule has 1 aromatic rings. The van der Waals surface area contributed by atoms with Gasteiger partial charge in [-0.25, -0.2) is 0 Å². The van der Waals surface area contributed by atoms with E-state index in [4.69, 9.17) is 28.4 Å². The number of allylic oxidation sites excluding steroid dienone is 2. The minimum absolute atomic E-state index is 0.0893. The molecule has 3 fully saturated rings. The Labute approximate surface area is 304 Å². The quantitative estimate of drug-likeness (QED) is 0.0778. The van der Waals surface area contributed by atoms with Crippen LogP contribution in [-0.2, 0) is 28.4 Å². The lowest BCUT2D eigenvalue weighted by molar-refractivity contribution is -0.363. The van der Waals surface area contributed by atoms with E-state index < -0.39 is 130 Å². The first-order valence-corrected chi connectivity index (χ1v) is 16.7. The lowest BCUT2D eigenvalue weighted by Crippen LogP contribution is -2.64. The molecule has 300 valence electrons. The van der Waals surface area contributed by atoms with E-state index in [2.05, 4.69) is 4.74 Å². The number of phenols is 2. The van der Waals surface area contributed by atoms with Crippen LogP contribution >= 0.6 is 0 Å². The van der Waals surface area contributed by atoms with E-state index in [1.807, 2.05) is 0 Å². The number of aliphatic hydroxyl groups excluding tert-OH is 12. The number of benzene rings is 1. The molecule has 6 rings (SSSR count). The second-order valence-corrected chi connectivity index (χ2v) is 13.1. The molecule has 0 bridgehead atoms. The van der Waals surface area contributed by atoms with Crippen LogP contribution in [0.3, 0.4) is 0 Å². The summed E-state index contributed by atoms with van der Waals surface area (Å²) >= 11 is 0. The van der Waals surface area contributed by atoms with E-state index >= 15 is 0 Å². The van der Waals surface area contributed by atoms with Crippen LogP contribution in [0.4, 0.5) is 0 Å². The molecule has 0 amide bonds. The lowest BCUT2D eigenvalue weighted by atomic mass is 9.95. The van der Waals surface area contributed by atoms with Gasteiger partial charge in [0, 0.05) is 18.2 Å². The molecular formula is C33H43O21+. The summed E-state index contributed by atoms with van der Waals surface area (Å²) in [6.45, 7) is -2.43. The summed E-state index contributed by atoms with van der Waals surface area (Å²) in [4.78, 5) is 0. The Balaban J connectivity index is 1.39. The Morgan fingerprint density at radius 1 is 0.593 bits per heavy atom. The predicted molar refractivity (Wildman–Crippen MR) is 172 cm³/mol.